The fourth-order valence-electron chi connectivity index (χ4n) is 1.50. The van der Waals surface area contributed by atoms with Crippen LogP contribution in [0.25, 0.3) is 0 Å². The van der Waals surface area contributed by atoms with Gasteiger partial charge in [0.1, 0.15) is 5.82 Å². The van der Waals surface area contributed by atoms with Gasteiger partial charge < -0.3 is 10.2 Å². The first-order valence-electron chi connectivity index (χ1n) is 5.78. The maximum atomic E-state index is 13.3. The van der Waals surface area contributed by atoms with E-state index >= 15 is 0 Å². The van der Waals surface area contributed by atoms with Crippen molar-refractivity contribution in [2.24, 2.45) is 0 Å². The maximum absolute atomic E-state index is 13.3. The van der Waals surface area contributed by atoms with Crippen LogP contribution in [0, 0.1) is 5.82 Å². The topological polar surface area (TPSA) is 32.3 Å². The minimum Gasteiger partial charge on any atom is -0.352 e. The van der Waals surface area contributed by atoms with Crippen LogP contribution in [0.3, 0.4) is 0 Å². The predicted octanol–water partition coefficient (Wildman–Crippen LogP) is 1.90. The number of halogens is 1. The minimum absolute atomic E-state index is 0.111. The molecule has 94 valence electrons. The standard InChI is InChI=1S/C13H19FN2O/c1-16(2)10-6-5-9-15-13(17)11-7-3-4-8-12(11)14/h3-4,7-8H,5-6,9-10H2,1-2H3,(H,15,17). The first-order chi connectivity index (χ1) is 8.11. The summed E-state index contributed by atoms with van der Waals surface area (Å²) >= 11 is 0. The summed E-state index contributed by atoms with van der Waals surface area (Å²) in [6.07, 6.45) is 1.92. The summed E-state index contributed by atoms with van der Waals surface area (Å²) < 4.78 is 13.3. The zero-order valence-corrected chi connectivity index (χ0v) is 10.4. The van der Waals surface area contributed by atoms with E-state index in [1.807, 2.05) is 14.1 Å². The van der Waals surface area contributed by atoms with Crippen molar-refractivity contribution in [3.63, 3.8) is 0 Å². The molecule has 1 rings (SSSR count). The Bertz CT molecular complexity index is 366. The SMILES string of the molecule is CN(C)CCCCNC(=O)c1ccccc1F. The summed E-state index contributed by atoms with van der Waals surface area (Å²) in [7, 11) is 4.02. The Morgan fingerprint density at radius 2 is 2.00 bits per heavy atom. The third kappa shape index (κ3) is 4.95. The summed E-state index contributed by atoms with van der Waals surface area (Å²) in [5, 5.41) is 2.72. The van der Waals surface area contributed by atoms with Crippen LogP contribution in [0.1, 0.15) is 23.2 Å². The number of carbonyl (C=O) groups excluding carboxylic acids is 1. The highest BCUT2D eigenvalue weighted by Crippen LogP contribution is 2.05. The van der Waals surface area contributed by atoms with Gasteiger partial charge in [0, 0.05) is 6.54 Å². The number of hydrogen-bond donors (Lipinski definition) is 1. The lowest BCUT2D eigenvalue weighted by Crippen LogP contribution is -2.26. The second-order valence-corrected chi connectivity index (χ2v) is 4.25. The minimum atomic E-state index is -0.474. The van der Waals surface area contributed by atoms with Gasteiger partial charge in [-0.25, -0.2) is 4.39 Å². The Morgan fingerprint density at radius 3 is 2.65 bits per heavy atom. The molecule has 3 nitrogen and oxygen atoms in total. The van der Waals surface area contributed by atoms with E-state index < -0.39 is 5.82 Å². The number of hydrogen-bond acceptors (Lipinski definition) is 2. The van der Waals surface area contributed by atoms with Gasteiger partial charge in [-0.15, -0.1) is 0 Å². The number of nitrogens with one attached hydrogen (secondary N) is 1. The Kier molecular flexibility index (Phi) is 5.63. The summed E-state index contributed by atoms with van der Waals surface area (Å²) in [4.78, 5) is 13.7. The van der Waals surface area contributed by atoms with Gasteiger partial charge in [0.25, 0.3) is 5.91 Å². The van der Waals surface area contributed by atoms with E-state index in [0.717, 1.165) is 19.4 Å². The maximum Gasteiger partial charge on any atom is 0.254 e. The molecule has 0 fully saturated rings. The number of rotatable bonds is 6. The second kappa shape index (κ2) is 7.01. The average molecular weight is 238 g/mol. The van der Waals surface area contributed by atoms with E-state index in [2.05, 4.69) is 10.2 Å². The largest absolute Gasteiger partial charge is 0.352 e. The summed E-state index contributed by atoms with van der Waals surface area (Å²) in [5.41, 5.74) is 0.111. The van der Waals surface area contributed by atoms with Crippen molar-refractivity contribution in [1.82, 2.24) is 10.2 Å². The molecule has 0 bridgehead atoms. The molecule has 0 saturated carbocycles. The molecule has 1 aromatic carbocycles. The first kappa shape index (κ1) is 13.6. The Morgan fingerprint density at radius 1 is 1.29 bits per heavy atom. The Balaban J connectivity index is 2.29. The lowest BCUT2D eigenvalue weighted by atomic mass is 10.2. The van der Waals surface area contributed by atoms with Crippen molar-refractivity contribution in [2.75, 3.05) is 27.2 Å². The van der Waals surface area contributed by atoms with Crippen LogP contribution in [0.4, 0.5) is 4.39 Å². The fourth-order valence-corrected chi connectivity index (χ4v) is 1.50. The highest BCUT2D eigenvalue weighted by atomic mass is 19.1. The van der Waals surface area contributed by atoms with E-state index in [-0.39, 0.29) is 11.5 Å². The summed E-state index contributed by atoms with van der Waals surface area (Å²) in [5.74, 6) is -0.814. The van der Waals surface area contributed by atoms with Crippen molar-refractivity contribution < 1.29 is 9.18 Å². The van der Waals surface area contributed by atoms with Gasteiger partial charge in [0.15, 0.2) is 0 Å². The smallest absolute Gasteiger partial charge is 0.254 e. The molecule has 0 aliphatic rings. The van der Waals surface area contributed by atoms with Crippen LogP contribution in [0.15, 0.2) is 24.3 Å². The van der Waals surface area contributed by atoms with Crippen molar-refractivity contribution in [2.45, 2.75) is 12.8 Å². The molecule has 1 amide bonds. The molecule has 0 aromatic heterocycles. The molecule has 0 aliphatic carbocycles. The lowest BCUT2D eigenvalue weighted by Gasteiger charge is -2.09. The molecular weight excluding hydrogens is 219 g/mol. The molecule has 0 saturated heterocycles. The summed E-state index contributed by atoms with van der Waals surface area (Å²) in [6.45, 7) is 1.58. The lowest BCUT2D eigenvalue weighted by molar-refractivity contribution is 0.0949. The fraction of sp³-hybridized carbons (Fsp3) is 0.462. The third-order valence-corrected chi connectivity index (χ3v) is 2.44. The molecule has 0 aliphatic heterocycles. The number of benzene rings is 1. The van der Waals surface area contributed by atoms with E-state index in [0.29, 0.717) is 6.54 Å². The summed E-state index contributed by atoms with van der Waals surface area (Å²) in [6, 6.07) is 6.01. The van der Waals surface area contributed by atoms with Crippen molar-refractivity contribution >= 4 is 5.91 Å². The van der Waals surface area contributed by atoms with Crippen LogP contribution in [0.2, 0.25) is 0 Å². The Labute approximate surface area is 102 Å². The van der Waals surface area contributed by atoms with Gasteiger partial charge in [-0.3, -0.25) is 4.79 Å². The van der Waals surface area contributed by atoms with Crippen molar-refractivity contribution in [3.8, 4) is 0 Å². The predicted molar refractivity (Wildman–Crippen MR) is 66.5 cm³/mol. The highest BCUT2D eigenvalue weighted by molar-refractivity contribution is 5.94. The first-order valence-corrected chi connectivity index (χ1v) is 5.78. The molecular formula is C13H19FN2O. The molecule has 0 atom stereocenters. The molecule has 0 spiro atoms. The van der Waals surface area contributed by atoms with Gasteiger partial charge in [-0.2, -0.15) is 0 Å². The van der Waals surface area contributed by atoms with Crippen LogP contribution >= 0.6 is 0 Å². The zero-order chi connectivity index (χ0) is 12.7. The molecule has 17 heavy (non-hydrogen) atoms. The van der Waals surface area contributed by atoms with E-state index in [1.54, 1.807) is 12.1 Å². The van der Waals surface area contributed by atoms with Crippen molar-refractivity contribution in [3.05, 3.63) is 35.6 Å². The Hall–Kier alpha value is -1.42. The molecule has 1 N–H and O–H groups in total. The van der Waals surface area contributed by atoms with Gasteiger partial charge >= 0.3 is 0 Å². The number of unbranched alkanes of at least 4 members (excludes halogenated alkanes) is 1. The number of carbonyl (C=O) groups is 1. The molecule has 0 unspecified atom stereocenters. The van der Waals surface area contributed by atoms with E-state index in [9.17, 15) is 9.18 Å². The van der Waals surface area contributed by atoms with E-state index in [4.69, 9.17) is 0 Å². The molecule has 0 radical (unpaired) electrons. The van der Waals surface area contributed by atoms with Crippen LogP contribution in [-0.2, 0) is 0 Å². The van der Waals surface area contributed by atoms with Gasteiger partial charge in [-0.05, 0) is 45.6 Å². The average Bonchev–Trinajstić information content (AvgIpc) is 2.28. The molecule has 4 heteroatoms. The number of nitrogens with zero attached hydrogens (tertiary/aromatic N) is 1. The van der Waals surface area contributed by atoms with E-state index in [1.165, 1.54) is 12.1 Å². The van der Waals surface area contributed by atoms with Crippen LogP contribution < -0.4 is 5.32 Å². The zero-order valence-electron chi connectivity index (χ0n) is 10.4. The highest BCUT2D eigenvalue weighted by Gasteiger charge is 2.09. The monoisotopic (exact) mass is 238 g/mol. The van der Waals surface area contributed by atoms with Crippen LogP contribution in [0.5, 0.6) is 0 Å². The van der Waals surface area contributed by atoms with Gasteiger partial charge in [-0.1, -0.05) is 12.1 Å². The second-order valence-electron chi connectivity index (χ2n) is 4.25. The normalized spacial score (nSPS) is 10.6. The van der Waals surface area contributed by atoms with Gasteiger partial charge in [0.2, 0.25) is 0 Å². The quantitative estimate of drug-likeness (QED) is 0.768. The third-order valence-electron chi connectivity index (χ3n) is 2.44. The van der Waals surface area contributed by atoms with Crippen LogP contribution in [-0.4, -0.2) is 38.0 Å². The molecule has 1 aromatic rings. The molecule has 0 heterocycles. The van der Waals surface area contributed by atoms with Crippen molar-refractivity contribution in [1.29, 1.82) is 0 Å². The number of amides is 1. The van der Waals surface area contributed by atoms with Gasteiger partial charge in [0.05, 0.1) is 5.56 Å².